The number of carbonyl (C=O) groups is 1. The molecule has 0 spiro atoms. The Labute approximate surface area is 140 Å². The third-order valence-electron chi connectivity index (χ3n) is 3.35. The zero-order valence-electron chi connectivity index (χ0n) is 13.2. The van der Waals surface area contributed by atoms with Crippen molar-refractivity contribution in [1.29, 1.82) is 0 Å². The van der Waals surface area contributed by atoms with Crippen LogP contribution in [0.3, 0.4) is 0 Å². The van der Waals surface area contributed by atoms with Gasteiger partial charge < -0.3 is 11.6 Å². The molecule has 0 aliphatic heterocycles. The average Bonchev–Trinajstić information content (AvgIpc) is 3.07. The fourth-order valence-corrected chi connectivity index (χ4v) is 2.21. The molecule has 6 heteroatoms. The number of hydrogen-bond acceptors (Lipinski definition) is 5. The van der Waals surface area contributed by atoms with Gasteiger partial charge >= 0.3 is 0 Å². The maximum atomic E-state index is 11.3. The Balaban J connectivity index is 0.000000647. The van der Waals surface area contributed by atoms with Crippen LogP contribution in [-0.4, -0.2) is 22.8 Å². The van der Waals surface area contributed by atoms with Gasteiger partial charge in [-0.25, -0.2) is 4.68 Å². The standard InChI is InChI=1S/C17H15N3O.CH4N2/c18-10-13-6-8-16(9-7-13)20-11-15(12-21)17(19-20)14-4-2-1-3-5-14;1-3-2/h1-9,11-12H,10,18H2;1-2H2. The van der Waals surface area contributed by atoms with Crippen molar-refractivity contribution in [2.24, 2.45) is 16.7 Å². The van der Waals surface area contributed by atoms with Crippen LogP contribution in [0, 0.1) is 0 Å². The minimum absolute atomic E-state index is 0.508. The van der Waals surface area contributed by atoms with E-state index in [2.05, 4.69) is 22.8 Å². The number of rotatable bonds is 4. The molecule has 6 nitrogen and oxygen atoms in total. The number of nitrogens with zero attached hydrogens (tertiary/aromatic N) is 3. The molecule has 24 heavy (non-hydrogen) atoms. The topological polar surface area (TPSA) is 99.3 Å². The van der Waals surface area contributed by atoms with E-state index in [1.165, 1.54) is 0 Å². The van der Waals surface area contributed by atoms with Gasteiger partial charge in [0, 0.05) is 25.0 Å². The quantitative estimate of drug-likeness (QED) is 0.333. The Bertz CT molecular complexity index is 794. The number of carbonyl (C=O) groups excluding carboxylic acids is 1. The van der Waals surface area contributed by atoms with Crippen molar-refractivity contribution in [3.05, 3.63) is 71.9 Å². The molecule has 0 saturated heterocycles. The van der Waals surface area contributed by atoms with Crippen molar-refractivity contribution in [3.63, 3.8) is 0 Å². The largest absolute Gasteiger partial charge is 0.326 e. The minimum atomic E-state index is 0.508. The second-order valence-electron chi connectivity index (χ2n) is 4.91. The van der Waals surface area contributed by atoms with Gasteiger partial charge in [0.15, 0.2) is 6.29 Å². The van der Waals surface area contributed by atoms with Gasteiger partial charge in [-0.05, 0) is 17.7 Å². The van der Waals surface area contributed by atoms with Gasteiger partial charge in [0.05, 0.1) is 11.3 Å². The number of benzene rings is 2. The van der Waals surface area contributed by atoms with Gasteiger partial charge in [-0.15, -0.1) is 0 Å². The van der Waals surface area contributed by atoms with E-state index in [1.54, 1.807) is 10.9 Å². The summed E-state index contributed by atoms with van der Waals surface area (Å²) < 4.78 is 1.71. The van der Waals surface area contributed by atoms with E-state index in [4.69, 9.17) is 5.73 Å². The van der Waals surface area contributed by atoms with E-state index in [0.717, 1.165) is 23.1 Å². The van der Waals surface area contributed by atoms with Crippen molar-refractivity contribution in [2.75, 3.05) is 0 Å². The predicted molar refractivity (Wildman–Crippen MR) is 96.0 cm³/mol. The molecule has 0 atom stereocenters. The maximum Gasteiger partial charge on any atom is 0.153 e. The molecular weight excluding hydrogens is 302 g/mol. The van der Waals surface area contributed by atoms with Crippen molar-refractivity contribution in [1.82, 2.24) is 9.78 Å². The van der Waals surface area contributed by atoms with Crippen LogP contribution in [0.15, 0.2) is 65.9 Å². The molecule has 0 bridgehead atoms. The van der Waals surface area contributed by atoms with Crippen LogP contribution in [0.2, 0.25) is 0 Å². The molecule has 0 aliphatic carbocycles. The first-order valence-electron chi connectivity index (χ1n) is 7.29. The summed E-state index contributed by atoms with van der Waals surface area (Å²) in [6.45, 7) is 3.40. The molecular formula is C18H19N5O. The lowest BCUT2D eigenvalue weighted by Crippen LogP contribution is -1.98. The predicted octanol–water partition coefficient (Wildman–Crippen LogP) is 2.37. The van der Waals surface area contributed by atoms with Gasteiger partial charge in [0.2, 0.25) is 0 Å². The van der Waals surface area contributed by atoms with E-state index >= 15 is 0 Å². The molecule has 4 N–H and O–H groups in total. The van der Waals surface area contributed by atoms with Gasteiger partial charge in [-0.3, -0.25) is 4.79 Å². The van der Waals surface area contributed by atoms with Gasteiger partial charge in [0.25, 0.3) is 0 Å². The maximum absolute atomic E-state index is 11.3. The SMILES string of the molecule is C=NN.NCc1ccc(-n2cc(C=O)c(-c3ccccc3)n2)cc1. The van der Waals surface area contributed by atoms with Crippen LogP contribution in [0.1, 0.15) is 15.9 Å². The smallest absolute Gasteiger partial charge is 0.153 e. The van der Waals surface area contributed by atoms with Crippen molar-refractivity contribution < 1.29 is 4.79 Å². The van der Waals surface area contributed by atoms with Crippen molar-refractivity contribution >= 4 is 13.0 Å². The fourth-order valence-electron chi connectivity index (χ4n) is 2.21. The summed E-state index contributed by atoms with van der Waals surface area (Å²) in [4.78, 5) is 11.3. The average molecular weight is 321 g/mol. The first-order chi connectivity index (χ1) is 11.7. The molecule has 2 aromatic carbocycles. The highest BCUT2D eigenvalue weighted by Crippen LogP contribution is 2.22. The number of hydrogen-bond donors (Lipinski definition) is 2. The van der Waals surface area contributed by atoms with Crippen LogP contribution in [-0.2, 0) is 6.54 Å². The number of aldehydes is 1. The van der Waals surface area contributed by atoms with Crippen LogP contribution in [0.4, 0.5) is 0 Å². The second-order valence-corrected chi connectivity index (χ2v) is 4.91. The highest BCUT2D eigenvalue weighted by molar-refractivity contribution is 5.85. The highest BCUT2D eigenvalue weighted by Gasteiger charge is 2.11. The summed E-state index contributed by atoms with van der Waals surface area (Å²) in [5.74, 6) is 4.36. The second kappa shape index (κ2) is 8.40. The molecule has 3 aromatic rings. The minimum Gasteiger partial charge on any atom is -0.326 e. The summed E-state index contributed by atoms with van der Waals surface area (Å²) in [6, 6.07) is 17.5. The Morgan fingerprint density at radius 1 is 1.12 bits per heavy atom. The van der Waals surface area contributed by atoms with E-state index < -0.39 is 0 Å². The molecule has 0 radical (unpaired) electrons. The molecule has 1 aromatic heterocycles. The summed E-state index contributed by atoms with van der Waals surface area (Å²) in [5, 5.41) is 7.28. The van der Waals surface area contributed by atoms with E-state index in [9.17, 15) is 4.79 Å². The Morgan fingerprint density at radius 3 is 2.29 bits per heavy atom. The van der Waals surface area contributed by atoms with Crippen LogP contribution in [0.5, 0.6) is 0 Å². The zero-order chi connectivity index (χ0) is 17.4. The number of hydrazone groups is 1. The molecule has 0 fully saturated rings. The third kappa shape index (κ3) is 3.93. The molecule has 3 rings (SSSR count). The summed E-state index contributed by atoms with van der Waals surface area (Å²) >= 11 is 0. The van der Waals surface area contributed by atoms with E-state index in [1.807, 2.05) is 54.6 Å². The van der Waals surface area contributed by atoms with Gasteiger partial charge in [-0.2, -0.15) is 10.2 Å². The van der Waals surface area contributed by atoms with E-state index in [0.29, 0.717) is 17.8 Å². The van der Waals surface area contributed by atoms with Crippen LogP contribution in [0.25, 0.3) is 16.9 Å². The molecule has 0 saturated carbocycles. The van der Waals surface area contributed by atoms with E-state index in [-0.39, 0.29) is 0 Å². The molecule has 122 valence electrons. The summed E-state index contributed by atoms with van der Waals surface area (Å²) in [7, 11) is 0. The number of aromatic nitrogens is 2. The Morgan fingerprint density at radius 2 is 1.75 bits per heavy atom. The zero-order valence-corrected chi connectivity index (χ0v) is 13.2. The molecule has 1 heterocycles. The molecule has 0 amide bonds. The summed E-state index contributed by atoms with van der Waals surface area (Å²) in [5.41, 5.74) is 9.75. The first-order valence-corrected chi connectivity index (χ1v) is 7.29. The summed E-state index contributed by atoms with van der Waals surface area (Å²) in [6.07, 6.45) is 2.58. The Kier molecular flexibility index (Phi) is 5.99. The molecule has 0 aliphatic rings. The Hall–Kier alpha value is -3.25. The number of nitrogens with two attached hydrogens (primary N) is 2. The highest BCUT2D eigenvalue weighted by atomic mass is 16.1. The van der Waals surface area contributed by atoms with Crippen molar-refractivity contribution in [3.8, 4) is 16.9 Å². The monoisotopic (exact) mass is 321 g/mol. The lowest BCUT2D eigenvalue weighted by atomic mass is 10.1. The van der Waals surface area contributed by atoms with Crippen molar-refractivity contribution in [2.45, 2.75) is 6.54 Å². The van der Waals surface area contributed by atoms with Crippen LogP contribution >= 0.6 is 0 Å². The normalized spacial score (nSPS) is 9.71. The first kappa shape index (κ1) is 17.1. The van der Waals surface area contributed by atoms with Gasteiger partial charge in [0.1, 0.15) is 5.69 Å². The lowest BCUT2D eigenvalue weighted by Gasteiger charge is -2.02. The van der Waals surface area contributed by atoms with Gasteiger partial charge in [-0.1, -0.05) is 42.5 Å². The fraction of sp³-hybridized carbons (Fsp3) is 0.0556. The lowest BCUT2D eigenvalue weighted by molar-refractivity contribution is 0.112. The molecule has 0 unspecified atom stereocenters. The third-order valence-corrected chi connectivity index (χ3v) is 3.35. The van der Waals surface area contributed by atoms with Crippen LogP contribution < -0.4 is 11.6 Å².